The van der Waals surface area contributed by atoms with Crippen LogP contribution in [-0.2, 0) is 16.0 Å². The second-order valence-corrected chi connectivity index (χ2v) is 4.50. The van der Waals surface area contributed by atoms with E-state index in [0.29, 0.717) is 31.2 Å². The first-order valence-electron chi connectivity index (χ1n) is 6.35. The highest BCUT2D eigenvalue weighted by molar-refractivity contribution is 5.75. The molecule has 1 aliphatic rings. The maximum absolute atomic E-state index is 10.9. The van der Waals surface area contributed by atoms with Gasteiger partial charge in [0.1, 0.15) is 11.9 Å². The van der Waals surface area contributed by atoms with Crippen LogP contribution in [0.1, 0.15) is 38.1 Å². The maximum atomic E-state index is 10.9. The van der Waals surface area contributed by atoms with E-state index in [2.05, 4.69) is 22.0 Å². The minimum Gasteiger partial charge on any atom is -0.367 e. The van der Waals surface area contributed by atoms with Crippen molar-refractivity contribution in [3.8, 4) is 0 Å². The Balaban J connectivity index is 1.94. The summed E-state index contributed by atoms with van der Waals surface area (Å²) < 4.78 is 10.8. The average Bonchev–Trinajstić information content (AvgIpc) is 2.85. The van der Waals surface area contributed by atoms with Crippen LogP contribution in [0.5, 0.6) is 0 Å². The molecule has 1 aliphatic heterocycles. The molecule has 18 heavy (non-hydrogen) atoms. The van der Waals surface area contributed by atoms with Crippen LogP contribution in [0.4, 0.5) is 0 Å². The summed E-state index contributed by atoms with van der Waals surface area (Å²) in [6.07, 6.45) is 0.828. The second kappa shape index (κ2) is 6.06. The molecular weight excluding hydrogens is 234 g/mol. The highest BCUT2D eigenvalue weighted by Crippen LogP contribution is 2.19. The minimum atomic E-state index is -0.117. The highest BCUT2D eigenvalue weighted by Gasteiger charge is 2.25. The predicted octanol–water partition coefficient (Wildman–Crippen LogP) is 0.984. The van der Waals surface area contributed by atoms with E-state index < -0.39 is 0 Å². The number of morpholine rings is 1. The lowest BCUT2D eigenvalue weighted by Gasteiger charge is -2.30. The topological polar surface area (TPSA) is 68.5 Å². The van der Waals surface area contributed by atoms with E-state index in [-0.39, 0.29) is 11.9 Å². The second-order valence-electron chi connectivity index (χ2n) is 4.50. The number of likely N-dealkylation sites (N-methyl/N-ethyl adjacent to an activating group) is 1. The van der Waals surface area contributed by atoms with Crippen LogP contribution in [0, 0.1) is 0 Å². The third-order valence-electron chi connectivity index (χ3n) is 3.06. The maximum Gasteiger partial charge on any atom is 0.227 e. The molecule has 0 spiro atoms. The number of aryl methyl sites for hydroxylation is 1. The van der Waals surface area contributed by atoms with Crippen molar-refractivity contribution in [2.24, 2.45) is 0 Å². The molecule has 1 saturated heterocycles. The van der Waals surface area contributed by atoms with Gasteiger partial charge in [0.05, 0.1) is 6.61 Å². The zero-order valence-corrected chi connectivity index (χ0v) is 10.9. The molecule has 0 aromatic carbocycles. The van der Waals surface area contributed by atoms with E-state index >= 15 is 0 Å². The number of aromatic nitrogens is 2. The van der Waals surface area contributed by atoms with Gasteiger partial charge in [-0.1, -0.05) is 12.1 Å². The lowest BCUT2D eigenvalue weighted by atomic mass is 10.2. The molecule has 0 amide bonds. The number of hydrogen-bond donors (Lipinski definition) is 0. The number of carbonyl (C=O) groups is 1. The summed E-state index contributed by atoms with van der Waals surface area (Å²) in [5.74, 6) is 1.23. The molecule has 0 radical (unpaired) electrons. The van der Waals surface area contributed by atoms with Gasteiger partial charge in [-0.05, 0) is 13.5 Å². The zero-order chi connectivity index (χ0) is 13.0. The van der Waals surface area contributed by atoms with Gasteiger partial charge < -0.3 is 14.1 Å². The van der Waals surface area contributed by atoms with E-state index in [1.165, 1.54) is 0 Å². The van der Waals surface area contributed by atoms with Crippen LogP contribution in [0.3, 0.4) is 0 Å². The van der Waals surface area contributed by atoms with E-state index in [9.17, 15) is 4.79 Å². The van der Waals surface area contributed by atoms with Crippen molar-refractivity contribution >= 4 is 5.78 Å². The highest BCUT2D eigenvalue weighted by atomic mass is 16.5. The fourth-order valence-electron chi connectivity index (χ4n) is 1.93. The molecule has 2 heterocycles. The van der Waals surface area contributed by atoms with Gasteiger partial charge in [-0.2, -0.15) is 4.98 Å². The number of ether oxygens (including phenoxy) is 1. The molecule has 100 valence electrons. The summed E-state index contributed by atoms with van der Waals surface area (Å²) in [6, 6.07) is 0. The lowest BCUT2D eigenvalue weighted by molar-refractivity contribution is -0.117. The number of hydrogen-bond acceptors (Lipinski definition) is 6. The fourth-order valence-corrected chi connectivity index (χ4v) is 1.93. The summed E-state index contributed by atoms with van der Waals surface area (Å²) in [5, 5.41) is 3.94. The smallest absolute Gasteiger partial charge is 0.227 e. The van der Waals surface area contributed by atoms with Crippen LogP contribution in [0.15, 0.2) is 4.52 Å². The van der Waals surface area contributed by atoms with Crippen molar-refractivity contribution in [2.45, 2.75) is 32.8 Å². The lowest BCUT2D eigenvalue weighted by Crippen LogP contribution is -2.38. The number of Topliss-reactive ketones (excluding diaryl/α,β-unsaturated/α-hetero) is 1. The summed E-state index contributed by atoms with van der Waals surface area (Å²) >= 11 is 0. The normalized spacial score (nSPS) is 21.1. The molecule has 1 fully saturated rings. The van der Waals surface area contributed by atoms with Crippen molar-refractivity contribution in [2.75, 3.05) is 26.2 Å². The first-order valence-corrected chi connectivity index (χ1v) is 6.35. The molecule has 0 N–H and O–H groups in total. The van der Waals surface area contributed by atoms with Gasteiger partial charge in [0.25, 0.3) is 0 Å². The Kier molecular flexibility index (Phi) is 4.43. The number of nitrogens with zero attached hydrogens (tertiary/aromatic N) is 3. The van der Waals surface area contributed by atoms with Crippen molar-refractivity contribution < 1.29 is 14.1 Å². The van der Waals surface area contributed by atoms with Gasteiger partial charge >= 0.3 is 0 Å². The van der Waals surface area contributed by atoms with Crippen molar-refractivity contribution in [1.29, 1.82) is 0 Å². The van der Waals surface area contributed by atoms with Crippen LogP contribution in [0.2, 0.25) is 0 Å². The Hall–Kier alpha value is -1.27. The van der Waals surface area contributed by atoms with E-state index in [0.717, 1.165) is 19.6 Å². The monoisotopic (exact) mass is 253 g/mol. The number of ketones is 1. The molecule has 1 unspecified atom stereocenters. The first-order chi connectivity index (χ1) is 8.69. The summed E-state index contributed by atoms with van der Waals surface area (Å²) in [5.41, 5.74) is 0. The van der Waals surface area contributed by atoms with Gasteiger partial charge in [-0.15, -0.1) is 0 Å². The Bertz CT molecular complexity index is 405. The van der Waals surface area contributed by atoms with Crippen LogP contribution in [0.25, 0.3) is 0 Å². The first kappa shape index (κ1) is 13.2. The van der Waals surface area contributed by atoms with Crippen molar-refractivity contribution in [3.63, 3.8) is 0 Å². The van der Waals surface area contributed by atoms with Crippen LogP contribution < -0.4 is 0 Å². The van der Waals surface area contributed by atoms with Crippen molar-refractivity contribution in [1.82, 2.24) is 15.0 Å². The molecule has 2 rings (SSSR count). The van der Waals surface area contributed by atoms with Crippen molar-refractivity contribution in [3.05, 3.63) is 11.7 Å². The molecule has 6 nitrogen and oxygen atoms in total. The molecule has 0 aliphatic carbocycles. The quantitative estimate of drug-likeness (QED) is 0.779. The summed E-state index contributed by atoms with van der Waals surface area (Å²) in [4.78, 5) is 17.5. The zero-order valence-electron chi connectivity index (χ0n) is 10.9. The molecule has 0 saturated carbocycles. The molecule has 0 bridgehead atoms. The van der Waals surface area contributed by atoms with E-state index in [1.807, 2.05) is 0 Å². The molecule has 1 atom stereocenters. The molecular formula is C12H19N3O3. The van der Waals surface area contributed by atoms with E-state index in [1.54, 1.807) is 6.92 Å². The Morgan fingerprint density at radius 1 is 1.56 bits per heavy atom. The number of carbonyl (C=O) groups excluding carboxylic acids is 1. The Labute approximate surface area is 106 Å². The van der Waals surface area contributed by atoms with Gasteiger partial charge in [-0.3, -0.25) is 4.90 Å². The number of rotatable bonds is 5. The Morgan fingerprint density at radius 2 is 2.39 bits per heavy atom. The third kappa shape index (κ3) is 3.36. The van der Waals surface area contributed by atoms with Gasteiger partial charge in [0.15, 0.2) is 0 Å². The average molecular weight is 253 g/mol. The standard InChI is InChI=1S/C12H19N3O3/c1-3-15-6-7-17-10(8-15)12-13-11(18-14-12)5-4-9(2)16/h10H,3-8H2,1-2H3. The SMILES string of the molecule is CCN1CCOC(c2noc(CCC(C)=O)n2)C1. The van der Waals surface area contributed by atoms with E-state index in [4.69, 9.17) is 9.26 Å². The Morgan fingerprint density at radius 3 is 3.11 bits per heavy atom. The van der Waals surface area contributed by atoms with Gasteiger partial charge in [0, 0.05) is 25.9 Å². The largest absolute Gasteiger partial charge is 0.367 e. The molecule has 1 aromatic rings. The van der Waals surface area contributed by atoms with Gasteiger partial charge in [-0.25, -0.2) is 0 Å². The predicted molar refractivity (Wildman–Crippen MR) is 64.1 cm³/mol. The van der Waals surface area contributed by atoms with Crippen LogP contribution >= 0.6 is 0 Å². The van der Waals surface area contributed by atoms with Gasteiger partial charge in [0.2, 0.25) is 11.7 Å². The third-order valence-corrected chi connectivity index (χ3v) is 3.06. The fraction of sp³-hybridized carbons (Fsp3) is 0.750. The molecule has 6 heteroatoms. The minimum absolute atomic E-state index is 0.117. The molecule has 1 aromatic heterocycles. The van der Waals surface area contributed by atoms with Crippen LogP contribution in [-0.4, -0.2) is 47.1 Å². The summed E-state index contributed by atoms with van der Waals surface area (Å²) in [6.45, 7) is 7.10. The summed E-state index contributed by atoms with van der Waals surface area (Å²) in [7, 11) is 0.